The number of aromatic hydroxyl groups is 4. The second-order valence-electron chi connectivity index (χ2n) is 5.61. The van der Waals surface area contributed by atoms with Crippen LogP contribution in [0.5, 0.6) is 28.7 Å². The summed E-state index contributed by atoms with van der Waals surface area (Å²) in [5.74, 6) is -0.799. The van der Waals surface area contributed by atoms with Gasteiger partial charge in [-0.2, -0.15) is 5.10 Å². The third kappa shape index (κ3) is 3.09. The Balaban J connectivity index is 2.14. The maximum absolute atomic E-state index is 10.1. The fourth-order valence-corrected chi connectivity index (χ4v) is 2.65. The van der Waals surface area contributed by atoms with E-state index in [1.807, 2.05) is 0 Å². The first-order valence-electron chi connectivity index (χ1n) is 7.76. The highest BCUT2D eigenvalue weighted by Crippen LogP contribution is 2.39. The molecule has 3 rings (SSSR count). The molecule has 0 spiro atoms. The van der Waals surface area contributed by atoms with E-state index >= 15 is 0 Å². The topological polar surface area (TPSA) is 128 Å². The Morgan fingerprint density at radius 3 is 2.35 bits per heavy atom. The molecule has 8 heteroatoms. The largest absolute Gasteiger partial charge is 0.507 e. The number of ether oxygens (including phenoxy) is 1. The molecule has 0 unspecified atom stereocenters. The van der Waals surface area contributed by atoms with Crippen molar-refractivity contribution in [3.63, 3.8) is 0 Å². The maximum Gasteiger partial charge on any atom is 0.161 e. The van der Waals surface area contributed by atoms with Crippen LogP contribution in [-0.2, 0) is 6.54 Å². The molecule has 26 heavy (non-hydrogen) atoms. The number of hydrogen-bond donors (Lipinski definition) is 5. The molecule has 0 bridgehead atoms. The van der Waals surface area contributed by atoms with Crippen molar-refractivity contribution in [2.45, 2.75) is 6.54 Å². The summed E-state index contributed by atoms with van der Waals surface area (Å²) in [6.45, 7) is 0.0412. The van der Waals surface area contributed by atoms with Crippen LogP contribution in [0.3, 0.4) is 0 Å². The SMILES string of the molecule is COc1cc(-c2cc(-c3cc(O)c(O)cc3O)nn2CCO)ccc1O. The van der Waals surface area contributed by atoms with E-state index in [1.165, 1.54) is 23.9 Å². The van der Waals surface area contributed by atoms with E-state index in [4.69, 9.17) is 4.74 Å². The Labute approximate surface area is 148 Å². The highest BCUT2D eigenvalue weighted by molar-refractivity contribution is 5.75. The molecule has 0 radical (unpaired) electrons. The van der Waals surface area contributed by atoms with Gasteiger partial charge in [-0.15, -0.1) is 0 Å². The Bertz CT molecular complexity index is 951. The zero-order valence-corrected chi connectivity index (χ0v) is 13.9. The van der Waals surface area contributed by atoms with E-state index in [1.54, 1.807) is 18.2 Å². The van der Waals surface area contributed by atoms with Gasteiger partial charge in [0.1, 0.15) is 5.75 Å². The van der Waals surface area contributed by atoms with Crippen molar-refractivity contribution in [3.05, 3.63) is 36.4 Å². The molecular weight excluding hydrogens is 340 g/mol. The highest BCUT2D eigenvalue weighted by Gasteiger charge is 2.17. The lowest BCUT2D eigenvalue weighted by Gasteiger charge is -2.08. The van der Waals surface area contributed by atoms with Gasteiger partial charge in [-0.1, -0.05) is 0 Å². The number of aromatic nitrogens is 2. The Hall–Kier alpha value is -3.39. The summed E-state index contributed by atoms with van der Waals surface area (Å²) < 4.78 is 6.65. The molecule has 2 aromatic carbocycles. The number of rotatable bonds is 5. The Morgan fingerprint density at radius 1 is 0.923 bits per heavy atom. The lowest BCUT2D eigenvalue weighted by atomic mass is 10.1. The average molecular weight is 358 g/mol. The van der Waals surface area contributed by atoms with Crippen molar-refractivity contribution < 1.29 is 30.3 Å². The molecular formula is C18H18N2O6. The number of methoxy groups -OCH3 is 1. The number of hydrogen-bond acceptors (Lipinski definition) is 7. The number of aliphatic hydroxyl groups is 1. The van der Waals surface area contributed by atoms with Crippen molar-refractivity contribution in [2.24, 2.45) is 0 Å². The second-order valence-corrected chi connectivity index (χ2v) is 5.61. The number of benzene rings is 2. The first-order chi connectivity index (χ1) is 12.4. The van der Waals surface area contributed by atoms with Crippen LogP contribution in [0.15, 0.2) is 36.4 Å². The molecule has 5 N–H and O–H groups in total. The van der Waals surface area contributed by atoms with Crippen LogP contribution in [0, 0.1) is 0 Å². The lowest BCUT2D eigenvalue weighted by molar-refractivity contribution is 0.270. The van der Waals surface area contributed by atoms with E-state index in [2.05, 4.69) is 5.10 Å². The molecule has 1 heterocycles. The molecule has 3 aromatic rings. The number of nitrogens with zero attached hydrogens (tertiary/aromatic N) is 2. The van der Waals surface area contributed by atoms with Gasteiger partial charge >= 0.3 is 0 Å². The number of phenols is 4. The van der Waals surface area contributed by atoms with Crippen molar-refractivity contribution in [2.75, 3.05) is 13.7 Å². The molecule has 0 atom stereocenters. The lowest BCUT2D eigenvalue weighted by Crippen LogP contribution is -2.05. The summed E-state index contributed by atoms with van der Waals surface area (Å²) >= 11 is 0. The van der Waals surface area contributed by atoms with Crippen LogP contribution >= 0.6 is 0 Å². The minimum Gasteiger partial charge on any atom is -0.507 e. The Morgan fingerprint density at radius 2 is 1.65 bits per heavy atom. The van der Waals surface area contributed by atoms with Gasteiger partial charge in [0.15, 0.2) is 23.0 Å². The monoisotopic (exact) mass is 358 g/mol. The zero-order chi connectivity index (χ0) is 18.8. The fourth-order valence-electron chi connectivity index (χ4n) is 2.65. The van der Waals surface area contributed by atoms with E-state index in [9.17, 15) is 25.5 Å². The van der Waals surface area contributed by atoms with Crippen LogP contribution in [0.4, 0.5) is 0 Å². The van der Waals surface area contributed by atoms with Gasteiger partial charge in [0.2, 0.25) is 0 Å². The molecule has 0 saturated carbocycles. The van der Waals surface area contributed by atoms with Gasteiger partial charge in [0, 0.05) is 17.2 Å². The van der Waals surface area contributed by atoms with Crippen LogP contribution < -0.4 is 4.74 Å². The van der Waals surface area contributed by atoms with Crippen molar-refractivity contribution in [3.8, 4) is 51.3 Å². The van der Waals surface area contributed by atoms with Gasteiger partial charge in [-0.25, -0.2) is 0 Å². The summed E-state index contributed by atoms with van der Waals surface area (Å²) in [7, 11) is 1.44. The van der Waals surface area contributed by atoms with E-state index in [0.717, 1.165) is 6.07 Å². The van der Waals surface area contributed by atoms with Gasteiger partial charge in [-0.05, 0) is 30.3 Å². The van der Waals surface area contributed by atoms with Crippen LogP contribution in [0.25, 0.3) is 22.5 Å². The standard InChI is InChI=1S/C18H18N2O6/c1-26-18-6-10(2-3-14(18)22)13-8-12(19-20(13)4-5-21)11-7-16(24)17(25)9-15(11)23/h2-3,6-9,21-25H,4-5H2,1H3. The average Bonchev–Trinajstić information content (AvgIpc) is 3.02. The molecule has 136 valence electrons. The molecule has 0 saturated heterocycles. The maximum atomic E-state index is 10.1. The minimum absolute atomic E-state index is 0.00852. The van der Waals surface area contributed by atoms with Crippen LogP contribution in [0.1, 0.15) is 0 Å². The predicted molar refractivity (Wildman–Crippen MR) is 93.4 cm³/mol. The summed E-state index contributed by atoms with van der Waals surface area (Å²) in [5, 5.41) is 52.7. The minimum atomic E-state index is -0.440. The Kier molecular flexibility index (Phi) is 4.59. The normalized spacial score (nSPS) is 10.8. The molecule has 0 aliphatic carbocycles. The third-order valence-corrected chi connectivity index (χ3v) is 3.94. The highest BCUT2D eigenvalue weighted by atomic mass is 16.5. The first kappa shape index (κ1) is 17.4. The molecule has 0 fully saturated rings. The summed E-state index contributed by atoms with van der Waals surface area (Å²) in [6.07, 6.45) is 0. The van der Waals surface area contributed by atoms with Crippen LogP contribution in [-0.4, -0.2) is 49.0 Å². The molecule has 0 amide bonds. The number of aliphatic hydroxyl groups excluding tert-OH is 1. The molecule has 8 nitrogen and oxygen atoms in total. The molecule has 0 aliphatic rings. The molecule has 0 aliphatic heterocycles. The van der Waals surface area contributed by atoms with Gasteiger partial charge in [0.25, 0.3) is 0 Å². The summed E-state index contributed by atoms with van der Waals surface area (Å²) in [6, 6.07) is 8.66. The fraction of sp³-hybridized carbons (Fsp3) is 0.167. The number of phenolic OH excluding ortho intramolecular Hbond substituents is 4. The summed E-state index contributed by atoms with van der Waals surface area (Å²) in [5.41, 5.74) is 1.85. The first-order valence-corrected chi connectivity index (χ1v) is 7.76. The smallest absolute Gasteiger partial charge is 0.161 e. The van der Waals surface area contributed by atoms with Crippen molar-refractivity contribution >= 4 is 0 Å². The van der Waals surface area contributed by atoms with Gasteiger partial charge in [-0.3, -0.25) is 4.68 Å². The summed E-state index contributed by atoms with van der Waals surface area (Å²) in [4.78, 5) is 0. The predicted octanol–water partition coefficient (Wildman–Crippen LogP) is 2.04. The third-order valence-electron chi connectivity index (χ3n) is 3.94. The second kappa shape index (κ2) is 6.85. The van der Waals surface area contributed by atoms with Crippen molar-refractivity contribution in [1.82, 2.24) is 9.78 Å². The van der Waals surface area contributed by atoms with Crippen molar-refractivity contribution in [1.29, 1.82) is 0 Å². The zero-order valence-electron chi connectivity index (χ0n) is 13.9. The quantitative estimate of drug-likeness (QED) is 0.349. The molecule has 1 aromatic heterocycles. The van der Waals surface area contributed by atoms with E-state index < -0.39 is 5.75 Å². The van der Waals surface area contributed by atoms with E-state index in [0.29, 0.717) is 17.0 Å². The van der Waals surface area contributed by atoms with Gasteiger partial charge in [0.05, 0.1) is 31.6 Å². The van der Waals surface area contributed by atoms with Gasteiger partial charge < -0.3 is 30.3 Å². The van der Waals surface area contributed by atoms with Crippen LogP contribution in [0.2, 0.25) is 0 Å². The van der Waals surface area contributed by atoms with E-state index in [-0.39, 0.29) is 41.7 Å².